The van der Waals surface area contributed by atoms with E-state index in [0.717, 1.165) is 46.6 Å². The number of benzene rings is 2. The number of aryl methyl sites for hydroxylation is 2. The van der Waals surface area contributed by atoms with Gasteiger partial charge >= 0.3 is 5.97 Å². The van der Waals surface area contributed by atoms with Crippen molar-refractivity contribution in [3.05, 3.63) is 83.0 Å². The third-order valence-corrected chi connectivity index (χ3v) is 12.2. The second kappa shape index (κ2) is 23.6. The fraction of sp³-hybridized carbons (Fsp3) is 0.569. The van der Waals surface area contributed by atoms with Gasteiger partial charge in [-0.1, -0.05) is 89.4 Å². The predicted molar refractivity (Wildman–Crippen MR) is 238 cm³/mol. The van der Waals surface area contributed by atoms with E-state index in [-0.39, 0.29) is 74.8 Å². The summed E-state index contributed by atoms with van der Waals surface area (Å²) in [5.41, 5.74) is 4.39. The first-order chi connectivity index (χ1) is 27.8. The Kier molecular flexibility index (Phi) is 19.6. The molecule has 2 aliphatic heterocycles. The van der Waals surface area contributed by atoms with Crippen molar-refractivity contribution in [2.75, 3.05) is 0 Å². The molecule has 2 aliphatic carbocycles. The minimum atomic E-state index is -0.790. The van der Waals surface area contributed by atoms with Gasteiger partial charge in [0.05, 0.1) is 24.4 Å². The van der Waals surface area contributed by atoms with Crippen LogP contribution in [-0.4, -0.2) is 73.9 Å². The van der Waals surface area contributed by atoms with Gasteiger partial charge in [-0.3, -0.25) is 4.79 Å². The summed E-state index contributed by atoms with van der Waals surface area (Å²) in [6.07, 6.45) is 11.2. The highest BCUT2D eigenvalue weighted by Gasteiger charge is 2.50. The molecule has 12 atom stereocenters. The summed E-state index contributed by atoms with van der Waals surface area (Å²) >= 11 is 0. The van der Waals surface area contributed by atoms with Gasteiger partial charge in [0.15, 0.2) is 0 Å². The minimum Gasteiger partial charge on any atom is -0.489 e. The van der Waals surface area contributed by atoms with Gasteiger partial charge < -0.3 is 39.8 Å². The van der Waals surface area contributed by atoms with E-state index in [0.29, 0.717) is 44.9 Å². The minimum absolute atomic E-state index is 0. The lowest BCUT2D eigenvalue weighted by Gasteiger charge is -2.19. The summed E-state index contributed by atoms with van der Waals surface area (Å²) in [5, 5.41) is 50.9. The monoisotopic (exact) mass is 827 g/mol. The molecule has 0 saturated heterocycles. The highest BCUT2D eigenvalue weighted by atomic mass is 16.5. The van der Waals surface area contributed by atoms with Crippen LogP contribution in [0.1, 0.15) is 135 Å². The van der Waals surface area contributed by atoms with Crippen molar-refractivity contribution in [3.63, 3.8) is 0 Å². The molecule has 9 nitrogen and oxygen atoms in total. The predicted octanol–water partition coefficient (Wildman–Crippen LogP) is 8.35. The molecular weight excluding hydrogens is 757 g/mol. The van der Waals surface area contributed by atoms with E-state index in [4.69, 9.17) is 14.6 Å². The number of rotatable bonds is 16. The van der Waals surface area contributed by atoms with E-state index in [2.05, 4.69) is 35.8 Å². The van der Waals surface area contributed by atoms with Gasteiger partial charge in [0.25, 0.3) is 0 Å². The number of carbonyl (C=O) groups is 2. The Morgan fingerprint density at radius 3 is 1.53 bits per heavy atom. The third kappa shape index (κ3) is 12.4. The summed E-state index contributed by atoms with van der Waals surface area (Å²) in [6.45, 7) is 9.16. The molecule has 4 aliphatic rings. The lowest BCUT2D eigenvalue weighted by atomic mass is 9.86. The number of hydrogen-bond acceptors (Lipinski definition) is 8. The molecule has 2 heterocycles. The van der Waals surface area contributed by atoms with Gasteiger partial charge in [-0.25, -0.2) is 0 Å². The maximum Gasteiger partial charge on any atom is 0.303 e. The smallest absolute Gasteiger partial charge is 0.303 e. The standard InChI is InChI=1S/C25H32O4.C24H30O5.2CH4/c1-4-5-8-16(2)21(27)14-13-19-22(28)15-23-24(19)20-12-7-11-18(25(20)29-23)10-6-9-17(3)26;1-3-4-7-15(2)19(25)13-12-17-20(26)14-21-23(17)18-10-5-8-16(24(18)29-21)9-6-11-22(27)28;;/h7,11-14,16,19,21-24,27-28H,6,8-10,15H2,1-3H3;5,8,10,12-13,15,17,19-21,23,25-26H,6-7,9,11,14H2,1-2H3,(H,27,28);2*1H4/b14-13+;13-12+;;/t16-,19-,21+,22+,23-,24-;15-,17-,19+,20+,21-,23-;;/m00../s1. The zero-order chi connectivity index (χ0) is 41.9. The second-order valence-corrected chi connectivity index (χ2v) is 16.6. The summed E-state index contributed by atoms with van der Waals surface area (Å²) < 4.78 is 12.5. The number of aliphatic hydroxyl groups excluding tert-OH is 4. The number of aliphatic hydroxyl groups is 4. The Morgan fingerprint density at radius 2 is 1.15 bits per heavy atom. The number of fused-ring (bicyclic) bond motifs is 6. The molecule has 2 aromatic rings. The molecule has 60 heavy (non-hydrogen) atoms. The Morgan fingerprint density at radius 1 is 0.733 bits per heavy atom. The van der Waals surface area contributed by atoms with Crippen LogP contribution in [-0.2, 0) is 22.4 Å². The molecule has 9 heteroatoms. The first kappa shape index (κ1) is 50.0. The van der Waals surface area contributed by atoms with Crippen LogP contribution in [0, 0.1) is 47.4 Å². The molecule has 0 radical (unpaired) electrons. The van der Waals surface area contributed by atoms with Crippen LogP contribution >= 0.6 is 0 Å². The van der Waals surface area contributed by atoms with Gasteiger partial charge in [0, 0.05) is 73.3 Å². The lowest BCUT2D eigenvalue weighted by molar-refractivity contribution is -0.137. The molecule has 6 rings (SSSR count). The topological polar surface area (TPSA) is 154 Å². The van der Waals surface area contributed by atoms with Gasteiger partial charge in [0.2, 0.25) is 0 Å². The van der Waals surface area contributed by atoms with Crippen molar-refractivity contribution >= 4 is 11.8 Å². The summed E-state index contributed by atoms with van der Waals surface area (Å²) in [5.74, 6) is 13.0. The number of carbonyl (C=O) groups excluding carboxylic acids is 1. The molecule has 2 fully saturated rings. The SMILES string of the molecule is C.C.CC#CC[C@H](C)[C@H](O)/C=C/[C@@H]1[C@H]2c3cccc(CCCC(=O)O)c3O[C@H]2C[C@H]1O.CC#CC[C@H](C)[C@H](O)/C=C/[C@@H]1[C@H]2c3cccc(CCCC(C)=O)c3O[C@H]2C[C@H]1O. The number of ether oxygens (including phenoxy) is 2. The number of aliphatic carboxylic acids is 1. The van der Waals surface area contributed by atoms with Gasteiger partial charge in [-0.15, -0.1) is 23.7 Å². The molecule has 5 N–H and O–H groups in total. The van der Waals surface area contributed by atoms with E-state index < -0.39 is 30.4 Å². The van der Waals surface area contributed by atoms with E-state index in [1.54, 1.807) is 26.8 Å². The van der Waals surface area contributed by atoms with E-state index >= 15 is 0 Å². The summed E-state index contributed by atoms with van der Waals surface area (Å²) in [6, 6.07) is 12.2. The number of carboxylic acid groups (broad SMARTS) is 1. The van der Waals surface area contributed by atoms with Crippen molar-refractivity contribution in [3.8, 4) is 35.2 Å². The van der Waals surface area contributed by atoms with Crippen LogP contribution in [0.2, 0.25) is 0 Å². The molecule has 0 unspecified atom stereocenters. The number of para-hydroxylation sites is 2. The van der Waals surface area contributed by atoms with E-state index in [9.17, 15) is 30.0 Å². The molecular formula is C51H70O9. The van der Waals surface area contributed by atoms with Gasteiger partial charge in [-0.05, 0) is 69.4 Å². The Hall–Kier alpha value is -4.38. The fourth-order valence-electron chi connectivity index (χ4n) is 8.92. The van der Waals surface area contributed by atoms with Crippen molar-refractivity contribution in [1.29, 1.82) is 0 Å². The summed E-state index contributed by atoms with van der Waals surface area (Å²) in [7, 11) is 0. The lowest BCUT2D eigenvalue weighted by Crippen LogP contribution is -2.19. The van der Waals surface area contributed by atoms with Crippen molar-refractivity contribution in [2.24, 2.45) is 23.7 Å². The number of carboxylic acids is 1. The zero-order valence-corrected chi connectivity index (χ0v) is 34.6. The van der Waals surface area contributed by atoms with E-state index in [1.165, 1.54) is 0 Å². The molecule has 2 saturated carbocycles. The van der Waals surface area contributed by atoms with Crippen molar-refractivity contribution in [1.82, 2.24) is 0 Å². The van der Waals surface area contributed by atoms with Crippen LogP contribution in [0.5, 0.6) is 11.5 Å². The molecule has 328 valence electrons. The molecule has 2 aromatic carbocycles. The normalized spacial score (nSPS) is 26.0. The third-order valence-electron chi connectivity index (χ3n) is 12.2. The maximum absolute atomic E-state index is 11.2. The largest absolute Gasteiger partial charge is 0.489 e. The van der Waals surface area contributed by atoms with Crippen LogP contribution < -0.4 is 9.47 Å². The van der Waals surface area contributed by atoms with Crippen LogP contribution in [0.3, 0.4) is 0 Å². The molecule has 0 aromatic heterocycles. The highest BCUT2D eigenvalue weighted by Crippen LogP contribution is 2.53. The Labute approximate surface area is 359 Å². The van der Waals surface area contributed by atoms with Gasteiger partial charge in [0.1, 0.15) is 29.5 Å². The number of ketones is 1. The Bertz CT molecular complexity index is 1770. The average Bonchev–Trinajstić information content (AvgIpc) is 3.91. The van der Waals surface area contributed by atoms with Crippen LogP contribution in [0.25, 0.3) is 0 Å². The first-order valence-corrected chi connectivity index (χ1v) is 21.0. The molecule has 0 amide bonds. The van der Waals surface area contributed by atoms with Crippen molar-refractivity contribution < 1.29 is 44.6 Å². The number of hydrogen-bond donors (Lipinski definition) is 5. The highest BCUT2D eigenvalue weighted by molar-refractivity contribution is 5.75. The quantitative estimate of drug-likeness (QED) is 0.0831. The first-order valence-electron chi connectivity index (χ1n) is 21.0. The van der Waals surface area contributed by atoms with E-state index in [1.807, 2.05) is 56.3 Å². The van der Waals surface area contributed by atoms with Gasteiger partial charge in [-0.2, -0.15) is 0 Å². The maximum atomic E-state index is 11.2. The van der Waals surface area contributed by atoms with Crippen LogP contribution in [0.15, 0.2) is 60.7 Å². The second-order valence-electron chi connectivity index (χ2n) is 16.6. The van der Waals surface area contributed by atoms with Crippen molar-refractivity contribution in [2.45, 2.75) is 162 Å². The van der Waals surface area contributed by atoms with Crippen LogP contribution in [0.4, 0.5) is 0 Å². The molecule has 0 spiro atoms. The fourth-order valence-corrected chi connectivity index (χ4v) is 8.92. The molecule has 0 bridgehead atoms. The Balaban J connectivity index is 0.000000310. The average molecular weight is 827 g/mol. The zero-order valence-electron chi connectivity index (χ0n) is 34.6. The summed E-state index contributed by atoms with van der Waals surface area (Å²) in [4.78, 5) is 22.0. The number of Topliss-reactive ketones (excluding diaryl/α,β-unsaturated/α-hetero) is 1.